The molecule has 4 rings (SSSR count). The average molecular weight is 326 g/mol. The van der Waals surface area contributed by atoms with Crippen LogP contribution in [0.4, 0.5) is 0 Å². The standard InChI is InChI=1S/C20H26N2O2/c1-14-5-7-18-17(11-14)16(12-21-18)6-8-20(23)22-9-10-24-13-19(22)15-3-2-4-15/h5,7,11-12,15,19,21H,2-4,6,8-10,13H2,1H3. The van der Waals surface area contributed by atoms with E-state index in [1.54, 1.807) is 0 Å². The maximum Gasteiger partial charge on any atom is 0.223 e. The van der Waals surface area contributed by atoms with Crippen LogP contribution >= 0.6 is 0 Å². The second kappa shape index (κ2) is 6.60. The fourth-order valence-corrected chi connectivity index (χ4v) is 4.03. The van der Waals surface area contributed by atoms with Gasteiger partial charge >= 0.3 is 0 Å². The number of nitrogens with zero attached hydrogens (tertiary/aromatic N) is 1. The van der Waals surface area contributed by atoms with Gasteiger partial charge in [-0.2, -0.15) is 0 Å². The van der Waals surface area contributed by atoms with Gasteiger partial charge in [-0.15, -0.1) is 0 Å². The molecular formula is C20H26N2O2. The minimum Gasteiger partial charge on any atom is -0.377 e. The molecule has 2 fully saturated rings. The molecule has 0 bridgehead atoms. The summed E-state index contributed by atoms with van der Waals surface area (Å²) >= 11 is 0. The van der Waals surface area contributed by atoms with Gasteiger partial charge in [-0.05, 0) is 49.8 Å². The molecule has 1 aromatic carbocycles. The van der Waals surface area contributed by atoms with Crippen molar-refractivity contribution in [2.75, 3.05) is 19.8 Å². The highest BCUT2D eigenvalue weighted by Crippen LogP contribution is 2.34. The van der Waals surface area contributed by atoms with Crippen LogP contribution in [0.1, 0.15) is 36.8 Å². The first kappa shape index (κ1) is 15.7. The average Bonchev–Trinajstić information content (AvgIpc) is 2.94. The van der Waals surface area contributed by atoms with Gasteiger partial charge in [-0.25, -0.2) is 0 Å². The number of hydrogen-bond donors (Lipinski definition) is 1. The van der Waals surface area contributed by atoms with Crippen molar-refractivity contribution in [1.82, 2.24) is 9.88 Å². The van der Waals surface area contributed by atoms with E-state index >= 15 is 0 Å². The monoisotopic (exact) mass is 326 g/mol. The Bertz CT molecular complexity index is 732. The molecule has 1 saturated heterocycles. The Morgan fingerprint density at radius 3 is 3.04 bits per heavy atom. The molecule has 1 aromatic heterocycles. The zero-order valence-corrected chi connectivity index (χ0v) is 14.4. The molecule has 1 aliphatic carbocycles. The highest BCUT2D eigenvalue weighted by Gasteiger charge is 2.36. The number of aromatic nitrogens is 1. The number of benzene rings is 1. The lowest BCUT2D eigenvalue weighted by molar-refractivity contribution is -0.143. The van der Waals surface area contributed by atoms with Crippen LogP contribution in [0.15, 0.2) is 24.4 Å². The maximum absolute atomic E-state index is 12.8. The number of aryl methyl sites for hydroxylation is 2. The number of carbonyl (C=O) groups excluding carboxylic acids is 1. The van der Waals surface area contributed by atoms with Crippen molar-refractivity contribution in [1.29, 1.82) is 0 Å². The minimum atomic E-state index is 0.289. The number of rotatable bonds is 4. The molecule has 1 N–H and O–H groups in total. The number of hydrogen-bond acceptors (Lipinski definition) is 2. The summed E-state index contributed by atoms with van der Waals surface area (Å²) in [6.45, 7) is 4.27. The minimum absolute atomic E-state index is 0.289. The van der Waals surface area contributed by atoms with Crippen molar-refractivity contribution in [3.05, 3.63) is 35.5 Å². The third-order valence-electron chi connectivity index (χ3n) is 5.71. The molecule has 1 atom stereocenters. The molecule has 1 unspecified atom stereocenters. The molecule has 24 heavy (non-hydrogen) atoms. The number of nitrogens with one attached hydrogen (secondary N) is 1. The Kier molecular flexibility index (Phi) is 4.31. The topological polar surface area (TPSA) is 45.3 Å². The van der Waals surface area contributed by atoms with E-state index in [4.69, 9.17) is 4.74 Å². The molecule has 1 saturated carbocycles. The number of carbonyl (C=O) groups is 1. The van der Waals surface area contributed by atoms with Crippen LogP contribution in [0.2, 0.25) is 0 Å². The van der Waals surface area contributed by atoms with E-state index in [9.17, 15) is 4.79 Å². The summed E-state index contributed by atoms with van der Waals surface area (Å²) in [5, 5.41) is 1.25. The smallest absolute Gasteiger partial charge is 0.223 e. The Hall–Kier alpha value is -1.81. The Labute approximate surface area is 143 Å². The quantitative estimate of drug-likeness (QED) is 0.935. The summed E-state index contributed by atoms with van der Waals surface area (Å²) in [6.07, 6.45) is 7.25. The molecule has 1 amide bonds. The summed E-state index contributed by atoms with van der Waals surface area (Å²) in [7, 11) is 0. The maximum atomic E-state index is 12.8. The lowest BCUT2D eigenvalue weighted by Crippen LogP contribution is -2.53. The highest BCUT2D eigenvalue weighted by atomic mass is 16.5. The number of morpholine rings is 1. The predicted molar refractivity (Wildman–Crippen MR) is 95.0 cm³/mol. The van der Waals surface area contributed by atoms with Crippen LogP contribution < -0.4 is 0 Å². The molecule has 1 aliphatic heterocycles. The highest BCUT2D eigenvalue weighted by molar-refractivity contribution is 5.85. The van der Waals surface area contributed by atoms with Gasteiger partial charge in [-0.1, -0.05) is 18.1 Å². The van der Waals surface area contributed by atoms with E-state index < -0.39 is 0 Å². The van der Waals surface area contributed by atoms with Gasteiger partial charge < -0.3 is 14.6 Å². The second-order valence-electron chi connectivity index (χ2n) is 7.28. The summed E-state index contributed by atoms with van der Waals surface area (Å²) in [6, 6.07) is 6.75. The number of ether oxygens (including phenoxy) is 1. The van der Waals surface area contributed by atoms with E-state index in [1.165, 1.54) is 35.8 Å². The normalized spacial score (nSPS) is 21.9. The number of fused-ring (bicyclic) bond motifs is 1. The van der Waals surface area contributed by atoms with Crippen LogP contribution in [0.3, 0.4) is 0 Å². The molecular weight excluding hydrogens is 300 g/mol. The molecule has 128 valence electrons. The van der Waals surface area contributed by atoms with Gasteiger partial charge in [0.25, 0.3) is 0 Å². The summed E-state index contributed by atoms with van der Waals surface area (Å²) in [5.74, 6) is 0.946. The molecule has 0 spiro atoms. The van der Waals surface area contributed by atoms with Crippen LogP contribution in [0.25, 0.3) is 10.9 Å². The summed E-state index contributed by atoms with van der Waals surface area (Å²) in [5.41, 5.74) is 3.66. The first-order valence-corrected chi connectivity index (χ1v) is 9.16. The Morgan fingerprint density at radius 1 is 1.38 bits per heavy atom. The third kappa shape index (κ3) is 2.95. The van der Waals surface area contributed by atoms with Gasteiger partial charge in [-0.3, -0.25) is 4.79 Å². The SMILES string of the molecule is Cc1ccc2[nH]cc(CCC(=O)N3CCOCC3C3CCC3)c2c1. The van der Waals surface area contributed by atoms with Gasteiger partial charge in [0.05, 0.1) is 19.3 Å². The molecule has 2 aliphatic rings. The second-order valence-corrected chi connectivity index (χ2v) is 7.28. The molecule has 2 heterocycles. The van der Waals surface area contributed by atoms with Crippen molar-refractivity contribution in [2.24, 2.45) is 5.92 Å². The van der Waals surface area contributed by atoms with Crippen molar-refractivity contribution < 1.29 is 9.53 Å². The summed E-state index contributed by atoms with van der Waals surface area (Å²) < 4.78 is 5.64. The van der Waals surface area contributed by atoms with Crippen LogP contribution in [0.5, 0.6) is 0 Å². The lowest BCUT2D eigenvalue weighted by Gasteiger charge is -2.43. The van der Waals surface area contributed by atoms with Crippen LogP contribution in [0, 0.1) is 12.8 Å². The third-order valence-corrected chi connectivity index (χ3v) is 5.71. The largest absolute Gasteiger partial charge is 0.377 e. The van der Waals surface area contributed by atoms with Gasteiger partial charge in [0.1, 0.15) is 0 Å². The van der Waals surface area contributed by atoms with Gasteiger partial charge in [0.15, 0.2) is 0 Å². The molecule has 4 nitrogen and oxygen atoms in total. The Balaban J connectivity index is 1.44. The van der Waals surface area contributed by atoms with Crippen molar-refractivity contribution in [3.8, 4) is 0 Å². The first-order valence-electron chi connectivity index (χ1n) is 9.16. The number of amides is 1. The van der Waals surface area contributed by atoms with Gasteiger partial charge in [0.2, 0.25) is 5.91 Å². The summed E-state index contributed by atoms with van der Waals surface area (Å²) in [4.78, 5) is 18.2. The van der Waals surface area contributed by atoms with Crippen LogP contribution in [-0.4, -0.2) is 41.6 Å². The Morgan fingerprint density at radius 2 is 2.25 bits per heavy atom. The molecule has 2 aromatic rings. The number of aromatic amines is 1. The van der Waals surface area contributed by atoms with Crippen molar-refractivity contribution in [2.45, 2.75) is 45.1 Å². The van der Waals surface area contributed by atoms with E-state index in [1.807, 2.05) is 0 Å². The molecule has 0 radical (unpaired) electrons. The fraction of sp³-hybridized carbons (Fsp3) is 0.550. The van der Waals surface area contributed by atoms with E-state index in [-0.39, 0.29) is 5.91 Å². The van der Waals surface area contributed by atoms with E-state index in [0.717, 1.165) is 25.1 Å². The first-order chi connectivity index (χ1) is 11.7. The number of H-pyrrole nitrogens is 1. The predicted octanol–water partition coefficient (Wildman–Crippen LogP) is 3.44. The zero-order chi connectivity index (χ0) is 16.5. The van der Waals surface area contributed by atoms with Crippen molar-refractivity contribution >= 4 is 16.8 Å². The van der Waals surface area contributed by atoms with Crippen LogP contribution in [-0.2, 0) is 16.0 Å². The molecule has 4 heteroatoms. The van der Waals surface area contributed by atoms with Gasteiger partial charge in [0, 0.05) is 30.1 Å². The van der Waals surface area contributed by atoms with Crippen molar-refractivity contribution in [3.63, 3.8) is 0 Å². The van der Waals surface area contributed by atoms with E-state index in [0.29, 0.717) is 25.0 Å². The fourth-order valence-electron chi connectivity index (χ4n) is 4.03. The zero-order valence-electron chi connectivity index (χ0n) is 14.4. The van der Waals surface area contributed by atoms with E-state index in [2.05, 4.69) is 41.2 Å². The lowest BCUT2D eigenvalue weighted by atomic mass is 9.79.